The van der Waals surface area contributed by atoms with Gasteiger partial charge in [0.05, 0.1) is 6.61 Å². The van der Waals surface area contributed by atoms with Gasteiger partial charge in [-0.1, -0.05) is 0 Å². The number of ether oxygens (including phenoxy) is 1. The van der Waals surface area contributed by atoms with E-state index in [1.807, 2.05) is 0 Å². The van der Waals surface area contributed by atoms with Gasteiger partial charge in [0.1, 0.15) is 71.0 Å². The van der Waals surface area contributed by atoms with Crippen LogP contribution < -0.4 is 10.2 Å². The molecule has 1 aromatic carbocycles. The number of aromatic hydroxyl groups is 1. The molecule has 0 unspecified atom stereocenters. The monoisotopic (exact) mass is 456 g/mol. The summed E-state index contributed by atoms with van der Waals surface area (Å²) in [6.45, 7) is 3.68. The lowest BCUT2D eigenvalue weighted by Gasteiger charge is -2.39. The van der Waals surface area contributed by atoms with E-state index in [0.29, 0.717) is 17.1 Å². The molecule has 1 aliphatic rings. The Kier molecular flexibility index (Phi) is 7.10. The molecule has 0 saturated heterocycles. The van der Waals surface area contributed by atoms with Gasteiger partial charge >= 0.3 is 0 Å². The lowest BCUT2D eigenvalue weighted by molar-refractivity contribution is -0.358. The van der Waals surface area contributed by atoms with Crippen molar-refractivity contribution in [2.75, 3.05) is 13.2 Å². The van der Waals surface area contributed by atoms with Crippen molar-refractivity contribution in [2.24, 2.45) is 0 Å². The second-order valence-electron chi connectivity index (χ2n) is 8.37. The van der Waals surface area contributed by atoms with E-state index >= 15 is 0 Å². The first kappa shape index (κ1) is 24.4. The summed E-state index contributed by atoms with van der Waals surface area (Å²) < 4.78 is 11.5. The van der Waals surface area contributed by atoms with Crippen molar-refractivity contribution in [1.82, 2.24) is 0 Å². The van der Waals surface area contributed by atoms with Crippen LogP contribution in [0.15, 0.2) is 21.3 Å². The number of hydrogen-bond acceptors (Lipinski definition) is 11. The predicted molar refractivity (Wildman–Crippen MR) is 109 cm³/mol. The second-order valence-corrected chi connectivity index (χ2v) is 8.37. The van der Waals surface area contributed by atoms with E-state index in [-0.39, 0.29) is 23.1 Å². The van der Waals surface area contributed by atoms with Gasteiger partial charge in [-0.05, 0) is 20.8 Å². The quantitative estimate of drug-likeness (QED) is 0.218. The van der Waals surface area contributed by atoms with E-state index in [2.05, 4.69) is 0 Å². The number of aliphatic hydroxyl groups excluding tert-OH is 5. The van der Waals surface area contributed by atoms with Crippen LogP contribution in [0.2, 0.25) is 0 Å². The van der Waals surface area contributed by atoms with Gasteiger partial charge in [0, 0.05) is 24.1 Å². The van der Waals surface area contributed by atoms with Crippen LogP contribution in [-0.2, 0) is 16.2 Å². The molecule has 0 bridgehead atoms. The van der Waals surface area contributed by atoms with E-state index in [1.165, 1.54) is 12.1 Å². The standard InChI is InChI=1S/C21H28O11/c1-9-4-11(23)17-15(30-9)6-14-10(18(17)26)5-16(21(2,3)31-14)32-29-8-13(25)20(28)19(27)12(24)7-22/h4,6,12-13,16,19-20,22,24-28H,5,7-8H2,1-3H3/t12-,13+,16-,19-,20-/m1/s1. The van der Waals surface area contributed by atoms with Gasteiger partial charge in [-0.3, -0.25) is 4.79 Å². The second kappa shape index (κ2) is 9.32. The molecule has 11 nitrogen and oxygen atoms in total. The molecule has 0 aliphatic carbocycles. The fourth-order valence-electron chi connectivity index (χ4n) is 3.51. The van der Waals surface area contributed by atoms with Crippen LogP contribution in [-0.4, -0.2) is 80.0 Å². The molecule has 0 amide bonds. The van der Waals surface area contributed by atoms with E-state index in [1.54, 1.807) is 20.8 Å². The Labute approximate surface area is 182 Å². The van der Waals surface area contributed by atoms with Crippen molar-refractivity contribution in [1.29, 1.82) is 0 Å². The number of hydrogen-bond donors (Lipinski definition) is 6. The molecule has 0 saturated carbocycles. The van der Waals surface area contributed by atoms with Gasteiger partial charge in [-0.2, -0.15) is 0 Å². The molecule has 32 heavy (non-hydrogen) atoms. The molecular formula is C21H28O11. The van der Waals surface area contributed by atoms with Crippen LogP contribution in [0.25, 0.3) is 11.0 Å². The first-order valence-electron chi connectivity index (χ1n) is 10.1. The van der Waals surface area contributed by atoms with Crippen LogP contribution in [0.5, 0.6) is 11.5 Å². The number of phenols is 1. The molecule has 2 aromatic rings. The zero-order valence-corrected chi connectivity index (χ0v) is 17.9. The SMILES string of the molecule is Cc1cc(=O)c2c(O)c3c(cc2o1)OC(C)(C)[C@H](OOC[C@H](O)[C@@H](O)[C@H](O)[C@H](O)CO)C3. The Morgan fingerprint density at radius 2 is 1.81 bits per heavy atom. The third-order valence-corrected chi connectivity index (χ3v) is 5.47. The number of aryl methyl sites for hydroxylation is 1. The molecular weight excluding hydrogens is 428 g/mol. The maximum atomic E-state index is 12.3. The summed E-state index contributed by atoms with van der Waals surface area (Å²) in [6, 6.07) is 2.81. The molecule has 0 radical (unpaired) electrons. The molecule has 1 aromatic heterocycles. The number of benzene rings is 1. The highest BCUT2D eigenvalue weighted by atomic mass is 17.2. The zero-order chi connectivity index (χ0) is 23.8. The fourth-order valence-corrected chi connectivity index (χ4v) is 3.51. The smallest absolute Gasteiger partial charge is 0.196 e. The van der Waals surface area contributed by atoms with Crippen LogP contribution in [0, 0.1) is 6.92 Å². The summed E-state index contributed by atoms with van der Waals surface area (Å²) in [5.74, 6) is 0.431. The lowest BCUT2D eigenvalue weighted by Crippen LogP contribution is -2.49. The van der Waals surface area contributed by atoms with Crippen molar-refractivity contribution in [2.45, 2.75) is 63.3 Å². The molecule has 1 aliphatic heterocycles. The van der Waals surface area contributed by atoms with Gasteiger partial charge in [-0.15, -0.1) is 0 Å². The minimum Gasteiger partial charge on any atom is -0.507 e. The summed E-state index contributed by atoms with van der Waals surface area (Å²) in [6.07, 6.45) is -7.54. The number of fused-ring (bicyclic) bond motifs is 2. The lowest BCUT2D eigenvalue weighted by atomic mass is 9.90. The highest BCUT2D eigenvalue weighted by molar-refractivity contribution is 5.87. The van der Waals surface area contributed by atoms with Gasteiger partial charge in [-0.25, -0.2) is 9.78 Å². The topological polar surface area (TPSA) is 179 Å². The third kappa shape index (κ3) is 4.74. The average Bonchev–Trinajstić information content (AvgIpc) is 2.71. The van der Waals surface area contributed by atoms with Gasteiger partial charge in [0.15, 0.2) is 5.43 Å². The Balaban J connectivity index is 1.74. The maximum Gasteiger partial charge on any atom is 0.196 e. The van der Waals surface area contributed by atoms with Crippen LogP contribution in [0.3, 0.4) is 0 Å². The van der Waals surface area contributed by atoms with E-state index in [9.17, 15) is 30.3 Å². The van der Waals surface area contributed by atoms with E-state index < -0.39 is 54.8 Å². The van der Waals surface area contributed by atoms with Crippen LogP contribution in [0.4, 0.5) is 0 Å². The Morgan fingerprint density at radius 1 is 1.16 bits per heavy atom. The first-order valence-corrected chi connectivity index (χ1v) is 10.1. The molecule has 0 spiro atoms. The summed E-state index contributed by atoms with van der Waals surface area (Å²) in [7, 11) is 0. The summed E-state index contributed by atoms with van der Waals surface area (Å²) in [5, 5.41) is 58.3. The largest absolute Gasteiger partial charge is 0.507 e. The summed E-state index contributed by atoms with van der Waals surface area (Å²) >= 11 is 0. The third-order valence-electron chi connectivity index (χ3n) is 5.47. The normalized spacial score (nSPS) is 21.4. The predicted octanol–water partition coefficient (Wildman–Crippen LogP) is -0.727. The van der Waals surface area contributed by atoms with Crippen molar-refractivity contribution >= 4 is 11.0 Å². The number of aliphatic hydroxyl groups is 5. The summed E-state index contributed by atoms with van der Waals surface area (Å²) in [5.41, 5.74) is -0.835. The highest BCUT2D eigenvalue weighted by Gasteiger charge is 2.41. The molecule has 0 fully saturated rings. The fraction of sp³-hybridized carbons (Fsp3) is 0.571. The van der Waals surface area contributed by atoms with Crippen LogP contribution >= 0.6 is 0 Å². The van der Waals surface area contributed by atoms with Crippen molar-refractivity contribution in [3.63, 3.8) is 0 Å². The van der Waals surface area contributed by atoms with E-state index in [4.69, 9.17) is 24.0 Å². The minimum atomic E-state index is -1.80. The summed E-state index contributed by atoms with van der Waals surface area (Å²) in [4.78, 5) is 22.7. The first-order chi connectivity index (χ1) is 15.0. The van der Waals surface area contributed by atoms with Gasteiger partial charge in [0.2, 0.25) is 0 Å². The zero-order valence-electron chi connectivity index (χ0n) is 17.9. The Morgan fingerprint density at radius 3 is 2.47 bits per heavy atom. The average molecular weight is 456 g/mol. The number of rotatable bonds is 8. The van der Waals surface area contributed by atoms with Crippen LogP contribution in [0.1, 0.15) is 25.2 Å². The van der Waals surface area contributed by atoms with Crippen molar-refractivity contribution in [3.05, 3.63) is 33.7 Å². The molecule has 3 rings (SSSR count). The highest BCUT2D eigenvalue weighted by Crippen LogP contribution is 2.42. The minimum absolute atomic E-state index is 0.0206. The number of phenolic OH excluding ortho intramolecular Hbond substituents is 1. The Hall–Kier alpha value is -2.25. The van der Waals surface area contributed by atoms with Crippen molar-refractivity contribution in [3.8, 4) is 11.5 Å². The van der Waals surface area contributed by atoms with Gasteiger partial charge in [0.25, 0.3) is 0 Å². The van der Waals surface area contributed by atoms with Crippen molar-refractivity contribution < 1.29 is 49.6 Å². The molecule has 5 atom stereocenters. The molecule has 178 valence electrons. The molecule has 2 heterocycles. The van der Waals surface area contributed by atoms with E-state index in [0.717, 1.165) is 0 Å². The maximum absolute atomic E-state index is 12.3. The molecule has 11 heteroatoms. The van der Waals surface area contributed by atoms with Gasteiger partial charge < -0.3 is 39.8 Å². The Bertz CT molecular complexity index is 1010. The molecule has 6 N–H and O–H groups in total.